The molecule has 0 saturated heterocycles. The molecule has 3 saturated carbocycles. The molecule has 4 unspecified atom stereocenters. The zero-order valence-electron chi connectivity index (χ0n) is 14.4. The van der Waals surface area contributed by atoms with Crippen LogP contribution < -0.4 is 5.32 Å². The molecule has 0 heterocycles. The molecule has 1 N–H and O–H groups in total. The largest absolute Gasteiger partial charge is 0.311 e. The summed E-state index contributed by atoms with van der Waals surface area (Å²) in [6.07, 6.45) is 17.8. The van der Waals surface area contributed by atoms with Crippen molar-refractivity contribution in [3.63, 3.8) is 0 Å². The lowest BCUT2D eigenvalue weighted by Crippen LogP contribution is -2.49. The summed E-state index contributed by atoms with van der Waals surface area (Å²) in [5.41, 5.74) is 0. The van der Waals surface area contributed by atoms with Crippen molar-refractivity contribution >= 4 is 0 Å². The van der Waals surface area contributed by atoms with Crippen LogP contribution in [0.1, 0.15) is 90.9 Å². The third-order valence-electron chi connectivity index (χ3n) is 6.70. The second kappa shape index (κ2) is 7.49. The van der Waals surface area contributed by atoms with Crippen molar-refractivity contribution in [2.75, 3.05) is 0 Å². The predicted octanol–water partition coefficient (Wildman–Crippen LogP) is 5.54. The number of rotatable bonds is 3. The fourth-order valence-electron chi connectivity index (χ4n) is 5.88. The summed E-state index contributed by atoms with van der Waals surface area (Å²) in [7, 11) is 0. The van der Waals surface area contributed by atoms with E-state index in [0.717, 1.165) is 35.8 Å². The maximum Gasteiger partial charge on any atom is 0.0101 e. The van der Waals surface area contributed by atoms with Crippen LogP contribution in [0.4, 0.5) is 0 Å². The van der Waals surface area contributed by atoms with E-state index in [1.54, 1.807) is 0 Å². The predicted molar refractivity (Wildman–Crippen MR) is 91.4 cm³/mol. The first-order chi connectivity index (χ1) is 10.2. The SMILES string of the molecule is CC1CC(C)CC(NC2CCCCC2C2CCCCC2)C1. The Balaban J connectivity index is 1.58. The summed E-state index contributed by atoms with van der Waals surface area (Å²) in [6, 6.07) is 1.67. The Morgan fingerprint density at radius 2 is 1.29 bits per heavy atom. The zero-order chi connectivity index (χ0) is 14.7. The smallest absolute Gasteiger partial charge is 0.0101 e. The highest BCUT2D eigenvalue weighted by atomic mass is 15.0. The van der Waals surface area contributed by atoms with Crippen molar-refractivity contribution in [3.8, 4) is 0 Å². The molecule has 4 atom stereocenters. The topological polar surface area (TPSA) is 12.0 Å². The molecule has 0 aromatic carbocycles. The van der Waals surface area contributed by atoms with Crippen LogP contribution in [-0.4, -0.2) is 12.1 Å². The van der Waals surface area contributed by atoms with Gasteiger partial charge in [0.15, 0.2) is 0 Å². The maximum atomic E-state index is 4.17. The van der Waals surface area contributed by atoms with Crippen LogP contribution in [0.2, 0.25) is 0 Å². The highest BCUT2D eigenvalue weighted by Gasteiger charge is 2.34. The van der Waals surface area contributed by atoms with Crippen molar-refractivity contribution in [2.45, 2.75) is 103 Å². The summed E-state index contributed by atoms with van der Waals surface area (Å²) in [5, 5.41) is 4.17. The quantitative estimate of drug-likeness (QED) is 0.720. The molecule has 0 spiro atoms. The zero-order valence-corrected chi connectivity index (χ0v) is 14.4. The second-order valence-corrected chi connectivity index (χ2v) is 8.73. The van der Waals surface area contributed by atoms with Crippen molar-refractivity contribution < 1.29 is 0 Å². The Hall–Kier alpha value is -0.0400. The number of hydrogen-bond donors (Lipinski definition) is 1. The van der Waals surface area contributed by atoms with Gasteiger partial charge < -0.3 is 5.32 Å². The first-order valence-electron chi connectivity index (χ1n) is 9.98. The van der Waals surface area contributed by atoms with E-state index in [9.17, 15) is 0 Å². The van der Waals surface area contributed by atoms with E-state index in [-0.39, 0.29) is 0 Å². The fourth-order valence-corrected chi connectivity index (χ4v) is 5.88. The average Bonchev–Trinajstić information content (AvgIpc) is 2.48. The molecule has 0 amide bonds. The molecule has 21 heavy (non-hydrogen) atoms. The monoisotopic (exact) mass is 291 g/mol. The Kier molecular flexibility index (Phi) is 5.65. The van der Waals surface area contributed by atoms with E-state index in [1.165, 1.54) is 77.0 Å². The van der Waals surface area contributed by atoms with Crippen molar-refractivity contribution in [1.82, 2.24) is 5.32 Å². The molecule has 1 nitrogen and oxygen atoms in total. The van der Waals surface area contributed by atoms with Gasteiger partial charge in [-0.05, 0) is 55.8 Å². The Labute approximate surface area is 132 Å². The van der Waals surface area contributed by atoms with E-state index in [2.05, 4.69) is 19.2 Å². The average molecular weight is 292 g/mol. The minimum Gasteiger partial charge on any atom is -0.311 e. The Bertz CT molecular complexity index is 297. The van der Waals surface area contributed by atoms with E-state index in [4.69, 9.17) is 0 Å². The normalized spacial score (nSPS) is 42.9. The van der Waals surface area contributed by atoms with Crippen LogP contribution in [0, 0.1) is 23.7 Å². The first-order valence-corrected chi connectivity index (χ1v) is 9.98. The van der Waals surface area contributed by atoms with Gasteiger partial charge in [0.25, 0.3) is 0 Å². The van der Waals surface area contributed by atoms with E-state index < -0.39 is 0 Å². The minimum absolute atomic E-state index is 0.818. The molecule has 1 heteroatoms. The molecule has 3 aliphatic carbocycles. The van der Waals surface area contributed by atoms with Gasteiger partial charge >= 0.3 is 0 Å². The van der Waals surface area contributed by atoms with Crippen LogP contribution in [0.15, 0.2) is 0 Å². The minimum atomic E-state index is 0.818. The van der Waals surface area contributed by atoms with Gasteiger partial charge in [-0.1, -0.05) is 58.8 Å². The lowest BCUT2D eigenvalue weighted by molar-refractivity contribution is 0.124. The molecule has 122 valence electrons. The third kappa shape index (κ3) is 4.24. The summed E-state index contributed by atoms with van der Waals surface area (Å²) in [5.74, 6) is 3.92. The van der Waals surface area contributed by atoms with Gasteiger partial charge in [-0.15, -0.1) is 0 Å². The molecule has 0 aliphatic heterocycles. The molecule has 3 rings (SSSR count). The highest BCUT2D eigenvalue weighted by Crippen LogP contribution is 2.39. The van der Waals surface area contributed by atoms with Crippen molar-refractivity contribution in [1.29, 1.82) is 0 Å². The first kappa shape index (κ1) is 15.8. The van der Waals surface area contributed by atoms with Gasteiger partial charge in [0.05, 0.1) is 0 Å². The number of nitrogens with one attached hydrogen (secondary N) is 1. The van der Waals surface area contributed by atoms with E-state index >= 15 is 0 Å². The van der Waals surface area contributed by atoms with E-state index in [0.29, 0.717) is 0 Å². The molecule has 0 aromatic heterocycles. The van der Waals surface area contributed by atoms with Gasteiger partial charge in [0, 0.05) is 12.1 Å². The van der Waals surface area contributed by atoms with Gasteiger partial charge in [-0.2, -0.15) is 0 Å². The second-order valence-electron chi connectivity index (χ2n) is 8.73. The van der Waals surface area contributed by atoms with Crippen LogP contribution in [0.3, 0.4) is 0 Å². The van der Waals surface area contributed by atoms with Crippen molar-refractivity contribution in [3.05, 3.63) is 0 Å². The lowest BCUT2D eigenvalue weighted by Gasteiger charge is -2.43. The molecule has 0 bridgehead atoms. The van der Waals surface area contributed by atoms with Crippen molar-refractivity contribution in [2.24, 2.45) is 23.7 Å². The maximum absolute atomic E-state index is 4.17. The lowest BCUT2D eigenvalue weighted by atomic mass is 9.70. The molecule has 0 radical (unpaired) electrons. The molecule has 0 aromatic rings. The van der Waals surface area contributed by atoms with Crippen LogP contribution in [0.25, 0.3) is 0 Å². The van der Waals surface area contributed by atoms with Gasteiger partial charge in [-0.3, -0.25) is 0 Å². The summed E-state index contributed by atoms with van der Waals surface area (Å²) in [4.78, 5) is 0. The van der Waals surface area contributed by atoms with Crippen LogP contribution in [-0.2, 0) is 0 Å². The molecular weight excluding hydrogens is 254 g/mol. The molecule has 3 aliphatic rings. The van der Waals surface area contributed by atoms with Gasteiger partial charge in [0.2, 0.25) is 0 Å². The summed E-state index contributed by atoms with van der Waals surface area (Å²) < 4.78 is 0. The van der Waals surface area contributed by atoms with E-state index in [1.807, 2.05) is 0 Å². The molecule has 3 fully saturated rings. The Morgan fingerprint density at radius 3 is 2.00 bits per heavy atom. The molecular formula is C20H37N. The standard InChI is InChI=1S/C20H37N/c1-15-12-16(2)14-18(13-15)21-20-11-7-6-10-19(20)17-8-4-3-5-9-17/h15-21H,3-14H2,1-2H3. The fraction of sp³-hybridized carbons (Fsp3) is 1.00. The highest BCUT2D eigenvalue weighted by molar-refractivity contribution is 4.90. The van der Waals surface area contributed by atoms with Gasteiger partial charge in [-0.25, -0.2) is 0 Å². The van der Waals surface area contributed by atoms with Crippen LogP contribution >= 0.6 is 0 Å². The third-order valence-corrected chi connectivity index (χ3v) is 6.70. The van der Waals surface area contributed by atoms with Crippen LogP contribution in [0.5, 0.6) is 0 Å². The summed E-state index contributed by atoms with van der Waals surface area (Å²) >= 11 is 0. The number of hydrogen-bond acceptors (Lipinski definition) is 1. The summed E-state index contributed by atoms with van der Waals surface area (Å²) in [6.45, 7) is 4.92. The Morgan fingerprint density at radius 1 is 0.667 bits per heavy atom. The van der Waals surface area contributed by atoms with Gasteiger partial charge in [0.1, 0.15) is 0 Å².